The van der Waals surface area contributed by atoms with Crippen LogP contribution in [0.4, 0.5) is 0 Å². The zero-order chi connectivity index (χ0) is 14.7. The van der Waals surface area contributed by atoms with E-state index in [1.54, 1.807) is 6.20 Å². The molecule has 1 atom stereocenters. The van der Waals surface area contributed by atoms with Crippen LogP contribution in [-0.4, -0.2) is 9.97 Å². The number of halogens is 1. The molecule has 4 heteroatoms. The van der Waals surface area contributed by atoms with Crippen molar-refractivity contribution in [2.75, 3.05) is 0 Å². The van der Waals surface area contributed by atoms with Crippen molar-refractivity contribution in [1.29, 1.82) is 0 Å². The molecule has 0 aliphatic carbocycles. The molecule has 0 bridgehead atoms. The van der Waals surface area contributed by atoms with Crippen LogP contribution in [0.1, 0.15) is 30.5 Å². The lowest BCUT2D eigenvalue weighted by molar-refractivity contribution is 0.520. The number of rotatable bonds is 5. The highest BCUT2D eigenvalue weighted by atomic mass is 35.5. The lowest BCUT2D eigenvalue weighted by atomic mass is 10.0. The van der Waals surface area contributed by atoms with E-state index < -0.39 is 0 Å². The third kappa shape index (κ3) is 3.09. The summed E-state index contributed by atoms with van der Waals surface area (Å²) in [6.45, 7) is 2.98. The summed E-state index contributed by atoms with van der Waals surface area (Å²) < 4.78 is 0. The number of H-pyrrole nitrogens is 1. The van der Waals surface area contributed by atoms with Crippen molar-refractivity contribution < 1.29 is 0 Å². The molecular formula is C17H18ClN3. The highest BCUT2D eigenvalue weighted by molar-refractivity contribution is 6.30. The maximum Gasteiger partial charge on any atom is 0.137 e. The number of aromatic nitrogens is 2. The topological polar surface area (TPSA) is 40.7 Å². The van der Waals surface area contributed by atoms with Crippen molar-refractivity contribution in [3.05, 3.63) is 64.9 Å². The Hall–Kier alpha value is -1.84. The molecule has 3 aromatic rings. The minimum absolute atomic E-state index is 0.297. The molecule has 2 heterocycles. The number of benzene rings is 1. The SMILES string of the molecule is CCC(NCc1c[nH]c2ncccc12)c1cccc(Cl)c1. The maximum absolute atomic E-state index is 6.08. The minimum Gasteiger partial charge on any atom is -0.346 e. The first-order chi connectivity index (χ1) is 10.3. The monoisotopic (exact) mass is 299 g/mol. The second kappa shape index (κ2) is 6.29. The zero-order valence-corrected chi connectivity index (χ0v) is 12.7. The normalized spacial score (nSPS) is 12.7. The lowest BCUT2D eigenvalue weighted by Crippen LogP contribution is -2.20. The summed E-state index contributed by atoms with van der Waals surface area (Å²) in [6.07, 6.45) is 4.84. The second-order valence-electron chi connectivity index (χ2n) is 5.11. The lowest BCUT2D eigenvalue weighted by Gasteiger charge is -2.17. The van der Waals surface area contributed by atoms with Gasteiger partial charge in [0.05, 0.1) is 0 Å². The van der Waals surface area contributed by atoms with Crippen LogP contribution in [0.15, 0.2) is 48.8 Å². The van der Waals surface area contributed by atoms with Gasteiger partial charge in [-0.1, -0.05) is 30.7 Å². The molecular weight excluding hydrogens is 282 g/mol. The quantitative estimate of drug-likeness (QED) is 0.730. The van der Waals surface area contributed by atoms with Crippen molar-refractivity contribution in [3.8, 4) is 0 Å². The van der Waals surface area contributed by atoms with Gasteiger partial charge in [0.1, 0.15) is 5.65 Å². The van der Waals surface area contributed by atoms with Gasteiger partial charge >= 0.3 is 0 Å². The average Bonchev–Trinajstić information content (AvgIpc) is 2.91. The van der Waals surface area contributed by atoms with E-state index in [1.807, 2.05) is 30.5 Å². The van der Waals surface area contributed by atoms with Crippen molar-refractivity contribution >= 4 is 22.6 Å². The number of fused-ring (bicyclic) bond motifs is 1. The fourth-order valence-electron chi connectivity index (χ4n) is 2.61. The van der Waals surface area contributed by atoms with E-state index in [2.05, 4.69) is 34.3 Å². The minimum atomic E-state index is 0.297. The van der Waals surface area contributed by atoms with Crippen LogP contribution in [0.5, 0.6) is 0 Å². The molecule has 2 N–H and O–H groups in total. The molecule has 0 amide bonds. The number of aromatic amines is 1. The van der Waals surface area contributed by atoms with Crippen molar-refractivity contribution in [2.45, 2.75) is 25.9 Å². The molecule has 2 aromatic heterocycles. The van der Waals surface area contributed by atoms with Crippen LogP contribution in [0.3, 0.4) is 0 Å². The van der Waals surface area contributed by atoms with Crippen LogP contribution in [0.25, 0.3) is 11.0 Å². The fourth-order valence-corrected chi connectivity index (χ4v) is 2.81. The molecule has 3 rings (SSSR count). The Bertz CT molecular complexity index is 735. The molecule has 0 spiro atoms. The Balaban J connectivity index is 1.76. The Morgan fingerprint density at radius 1 is 1.29 bits per heavy atom. The molecule has 1 aromatic carbocycles. The number of nitrogens with zero attached hydrogens (tertiary/aromatic N) is 1. The first-order valence-electron chi connectivity index (χ1n) is 7.17. The van der Waals surface area contributed by atoms with Crippen LogP contribution in [0.2, 0.25) is 5.02 Å². The van der Waals surface area contributed by atoms with Gasteiger partial charge in [-0.25, -0.2) is 4.98 Å². The second-order valence-corrected chi connectivity index (χ2v) is 5.55. The first-order valence-corrected chi connectivity index (χ1v) is 7.55. The summed E-state index contributed by atoms with van der Waals surface area (Å²) in [5.74, 6) is 0. The van der Waals surface area contributed by atoms with Crippen LogP contribution < -0.4 is 5.32 Å². The molecule has 0 saturated heterocycles. The molecule has 0 aliphatic heterocycles. The standard InChI is InChI=1S/C17H18ClN3/c1-2-16(12-5-3-6-14(18)9-12)20-10-13-11-21-17-15(13)7-4-8-19-17/h3-9,11,16,20H,2,10H2,1H3,(H,19,21). The molecule has 0 saturated carbocycles. The Labute approximate surface area is 129 Å². The molecule has 1 unspecified atom stereocenters. The Kier molecular flexibility index (Phi) is 4.23. The van der Waals surface area contributed by atoms with E-state index in [-0.39, 0.29) is 0 Å². The molecule has 108 valence electrons. The maximum atomic E-state index is 6.08. The average molecular weight is 300 g/mol. The van der Waals surface area contributed by atoms with E-state index >= 15 is 0 Å². The molecule has 21 heavy (non-hydrogen) atoms. The van der Waals surface area contributed by atoms with Crippen LogP contribution >= 0.6 is 11.6 Å². The summed E-state index contributed by atoms with van der Waals surface area (Å²) in [6, 6.07) is 12.4. The van der Waals surface area contributed by atoms with Crippen LogP contribution in [-0.2, 0) is 6.54 Å². The zero-order valence-electron chi connectivity index (χ0n) is 11.9. The summed E-state index contributed by atoms with van der Waals surface area (Å²) in [7, 11) is 0. The van der Waals surface area contributed by atoms with E-state index in [4.69, 9.17) is 11.6 Å². The van der Waals surface area contributed by atoms with Crippen molar-refractivity contribution in [1.82, 2.24) is 15.3 Å². The van der Waals surface area contributed by atoms with E-state index in [9.17, 15) is 0 Å². The summed E-state index contributed by atoms with van der Waals surface area (Å²) >= 11 is 6.08. The van der Waals surface area contributed by atoms with E-state index in [0.717, 1.165) is 23.6 Å². The number of pyridine rings is 1. The van der Waals surface area contributed by atoms with Gasteiger partial charge in [0, 0.05) is 35.4 Å². The highest BCUT2D eigenvalue weighted by Crippen LogP contribution is 2.22. The molecule has 0 aliphatic rings. The predicted molar refractivity (Wildman–Crippen MR) is 87.4 cm³/mol. The van der Waals surface area contributed by atoms with Gasteiger partial charge in [0.25, 0.3) is 0 Å². The van der Waals surface area contributed by atoms with Gasteiger partial charge in [-0.2, -0.15) is 0 Å². The Morgan fingerprint density at radius 3 is 3.00 bits per heavy atom. The summed E-state index contributed by atoms with van der Waals surface area (Å²) in [5, 5.41) is 5.55. The summed E-state index contributed by atoms with van der Waals surface area (Å²) in [5.41, 5.74) is 3.40. The van der Waals surface area contributed by atoms with Gasteiger partial charge in [0.15, 0.2) is 0 Å². The smallest absolute Gasteiger partial charge is 0.137 e. The fraction of sp³-hybridized carbons (Fsp3) is 0.235. The van der Waals surface area contributed by atoms with Gasteiger partial charge in [0.2, 0.25) is 0 Å². The predicted octanol–water partition coefficient (Wildman–Crippen LogP) is 4.46. The molecule has 3 nitrogen and oxygen atoms in total. The van der Waals surface area contributed by atoms with E-state index in [1.165, 1.54) is 16.5 Å². The largest absolute Gasteiger partial charge is 0.346 e. The number of hydrogen-bond acceptors (Lipinski definition) is 2. The number of nitrogens with one attached hydrogen (secondary N) is 2. The van der Waals surface area contributed by atoms with Crippen molar-refractivity contribution in [2.24, 2.45) is 0 Å². The van der Waals surface area contributed by atoms with Gasteiger partial charge in [-0.15, -0.1) is 0 Å². The first kappa shape index (κ1) is 14.1. The van der Waals surface area contributed by atoms with Crippen LogP contribution in [0, 0.1) is 0 Å². The highest BCUT2D eigenvalue weighted by Gasteiger charge is 2.10. The number of hydrogen-bond donors (Lipinski definition) is 2. The summed E-state index contributed by atoms with van der Waals surface area (Å²) in [4.78, 5) is 7.52. The van der Waals surface area contributed by atoms with Crippen molar-refractivity contribution in [3.63, 3.8) is 0 Å². The molecule has 0 radical (unpaired) electrons. The van der Waals surface area contributed by atoms with Gasteiger partial charge in [-0.05, 0) is 41.8 Å². The molecule has 0 fully saturated rings. The van der Waals surface area contributed by atoms with E-state index in [0.29, 0.717) is 6.04 Å². The van der Waals surface area contributed by atoms with Gasteiger partial charge < -0.3 is 10.3 Å². The third-order valence-electron chi connectivity index (χ3n) is 3.73. The third-order valence-corrected chi connectivity index (χ3v) is 3.97. The van der Waals surface area contributed by atoms with Gasteiger partial charge in [-0.3, -0.25) is 0 Å². The Morgan fingerprint density at radius 2 is 2.19 bits per heavy atom.